The fraction of sp³-hybridized carbons (Fsp3) is 0.400. The second kappa shape index (κ2) is 8.41. The molecule has 2 saturated heterocycles. The quantitative estimate of drug-likeness (QED) is 0.682. The lowest BCUT2D eigenvalue weighted by atomic mass is 10.2. The molecular weight excluding hydrogens is 406 g/mol. The summed E-state index contributed by atoms with van der Waals surface area (Å²) in [5.41, 5.74) is 7.46. The van der Waals surface area contributed by atoms with Crippen LogP contribution in [-0.2, 0) is 4.74 Å². The van der Waals surface area contributed by atoms with Crippen molar-refractivity contribution in [3.63, 3.8) is 0 Å². The first-order valence-corrected chi connectivity index (χ1v) is 10.6. The van der Waals surface area contributed by atoms with Crippen LogP contribution >= 0.6 is 11.3 Å². The topological polar surface area (TPSA) is 117 Å². The lowest BCUT2D eigenvalue weighted by molar-refractivity contribution is 0.0920. The minimum atomic E-state index is -0.519. The molecule has 158 valence electrons. The van der Waals surface area contributed by atoms with Gasteiger partial charge in [-0.05, 0) is 48.9 Å². The summed E-state index contributed by atoms with van der Waals surface area (Å²) in [6.07, 6.45) is -0.142. The van der Waals surface area contributed by atoms with Crippen molar-refractivity contribution in [1.82, 2.24) is 5.32 Å². The first kappa shape index (κ1) is 20.3. The van der Waals surface area contributed by atoms with Gasteiger partial charge in [0.15, 0.2) is 0 Å². The number of benzene rings is 1. The van der Waals surface area contributed by atoms with E-state index >= 15 is 0 Å². The highest BCUT2D eigenvalue weighted by atomic mass is 32.1. The summed E-state index contributed by atoms with van der Waals surface area (Å²) in [4.78, 5) is 41.1. The van der Waals surface area contributed by atoms with Gasteiger partial charge in [-0.25, -0.2) is 4.79 Å². The maximum absolute atomic E-state index is 12.3. The molecule has 0 radical (unpaired) electrons. The monoisotopic (exact) mass is 429 g/mol. The van der Waals surface area contributed by atoms with Gasteiger partial charge in [-0.2, -0.15) is 0 Å². The fourth-order valence-electron chi connectivity index (χ4n) is 3.72. The summed E-state index contributed by atoms with van der Waals surface area (Å²) in [7, 11) is 0. The number of aryl methyl sites for hydroxylation is 1. The molecule has 2 aliphatic heterocycles. The van der Waals surface area contributed by atoms with Crippen LogP contribution in [0.2, 0.25) is 0 Å². The summed E-state index contributed by atoms with van der Waals surface area (Å²) in [6.45, 7) is 3.85. The van der Waals surface area contributed by atoms with E-state index in [1.165, 1.54) is 16.2 Å². The average Bonchev–Trinajstić information content (AvgIpc) is 3.45. The van der Waals surface area contributed by atoms with Gasteiger partial charge in [-0.3, -0.25) is 9.69 Å². The Balaban J connectivity index is 1.41. The van der Waals surface area contributed by atoms with E-state index in [0.717, 1.165) is 17.8 Å². The van der Waals surface area contributed by atoms with Crippen LogP contribution in [0.1, 0.15) is 21.0 Å². The number of nitrogens with zero attached hydrogens (tertiary/aromatic N) is 3. The van der Waals surface area contributed by atoms with Gasteiger partial charge in [0.05, 0.1) is 23.7 Å². The summed E-state index contributed by atoms with van der Waals surface area (Å²) in [6, 6.07) is 8.87. The largest absolute Gasteiger partial charge is 0.442 e. The van der Waals surface area contributed by atoms with E-state index in [-0.39, 0.29) is 30.7 Å². The fourth-order valence-corrected chi connectivity index (χ4v) is 4.50. The van der Waals surface area contributed by atoms with Gasteiger partial charge in [0.1, 0.15) is 11.8 Å². The van der Waals surface area contributed by atoms with Crippen molar-refractivity contribution in [2.45, 2.75) is 25.5 Å². The van der Waals surface area contributed by atoms with E-state index in [1.807, 2.05) is 17.9 Å². The van der Waals surface area contributed by atoms with Crippen molar-refractivity contribution in [3.05, 3.63) is 45.0 Å². The molecule has 1 aromatic carbocycles. The number of hydrogen-bond acceptors (Lipinski definition) is 8. The number of amides is 2. The van der Waals surface area contributed by atoms with E-state index < -0.39 is 12.2 Å². The lowest BCUT2D eigenvalue weighted by Crippen LogP contribution is -2.34. The van der Waals surface area contributed by atoms with Crippen molar-refractivity contribution in [2.24, 2.45) is 10.9 Å². The number of thiophene rings is 1. The van der Waals surface area contributed by atoms with Crippen molar-refractivity contribution < 1.29 is 14.3 Å². The zero-order valence-electron chi connectivity index (χ0n) is 16.5. The lowest BCUT2D eigenvalue weighted by Gasteiger charge is -2.21. The summed E-state index contributed by atoms with van der Waals surface area (Å²) < 4.78 is 5.38. The number of hydrogen-bond donors (Lipinski definition) is 2. The minimum absolute atomic E-state index is 0.0757. The average molecular weight is 430 g/mol. The Morgan fingerprint density at radius 3 is 2.83 bits per heavy atom. The third-order valence-electron chi connectivity index (χ3n) is 5.26. The zero-order chi connectivity index (χ0) is 21.3. The predicted octanol–water partition coefficient (Wildman–Crippen LogP) is 2.75. The first-order chi connectivity index (χ1) is 14.4. The van der Waals surface area contributed by atoms with Crippen LogP contribution < -0.4 is 20.9 Å². The SMILES string of the molecule is Cc1ccc(C(=O)NCC2CN(c3ccc(N4CCC(N)C4)c(N=O)c3)C(=O)O2)s1. The molecule has 1 aromatic heterocycles. The molecule has 2 atom stereocenters. The normalized spacial score (nSPS) is 21.1. The minimum Gasteiger partial charge on any atom is -0.442 e. The van der Waals surface area contributed by atoms with Crippen molar-refractivity contribution >= 4 is 40.4 Å². The Hall–Kier alpha value is -2.98. The number of carbonyl (C=O) groups is 2. The number of carbonyl (C=O) groups excluding carboxylic acids is 2. The number of anilines is 2. The van der Waals surface area contributed by atoms with Gasteiger partial charge in [-0.1, -0.05) is 0 Å². The Labute approximate surface area is 177 Å². The number of nitroso groups, excluding NO2 is 1. The predicted molar refractivity (Wildman–Crippen MR) is 116 cm³/mol. The Kier molecular flexibility index (Phi) is 5.69. The molecule has 3 heterocycles. The number of nitrogens with one attached hydrogen (secondary N) is 1. The van der Waals surface area contributed by atoms with Crippen LogP contribution in [0.3, 0.4) is 0 Å². The van der Waals surface area contributed by atoms with E-state index in [0.29, 0.717) is 22.8 Å². The molecule has 10 heteroatoms. The first-order valence-electron chi connectivity index (χ1n) is 9.75. The van der Waals surface area contributed by atoms with E-state index in [9.17, 15) is 14.5 Å². The molecule has 2 aliphatic rings. The maximum atomic E-state index is 12.3. The summed E-state index contributed by atoms with van der Waals surface area (Å²) in [5, 5.41) is 5.94. The molecular formula is C20H23N5O4S. The third-order valence-corrected chi connectivity index (χ3v) is 6.26. The molecule has 2 unspecified atom stereocenters. The molecule has 4 rings (SSSR count). The Bertz CT molecular complexity index is 978. The number of nitrogens with two attached hydrogens (primary N) is 1. The van der Waals surface area contributed by atoms with E-state index in [4.69, 9.17) is 10.5 Å². The second-order valence-corrected chi connectivity index (χ2v) is 8.78. The molecule has 3 N–H and O–H groups in total. The van der Waals surface area contributed by atoms with Gasteiger partial charge in [-0.15, -0.1) is 16.2 Å². The molecule has 0 saturated carbocycles. The smallest absolute Gasteiger partial charge is 0.414 e. The third kappa shape index (κ3) is 4.14. The molecule has 2 aromatic rings. The molecule has 0 aliphatic carbocycles. The van der Waals surface area contributed by atoms with Crippen LogP contribution in [0.25, 0.3) is 0 Å². The number of cyclic esters (lactones) is 1. The van der Waals surface area contributed by atoms with Crippen LogP contribution in [0, 0.1) is 11.8 Å². The summed E-state index contributed by atoms with van der Waals surface area (Å²) in [5.74, 6) is -0.191. The van der Waals surface area contributed by atoms with Crippen LogP contribution in [-0.4, -0.2) is 50.3 Å². The highest BCUT2D eigenvalue weighted by Crippen LogP contribution is 2.35. The van der Waals surface area contributed by atoms with Gasteiger partial charge in [0.2, 0.25) is 0 Å². The van der Waals surface area contributed by atoms with E-state index in [2.05, 4.69) is 10.5 Å². The van der Waals surface area contributed by atoms with Gasteiger partial charge < -0.3 is 20.7 Å². The molecule has 30 heavy (non-hydrogen) atoms. The molecule has 2 fully saturated rings. The number of rotatable bonds is 6. The Morgan fingerprint density at radius 2 is 2.17 bits per heavy atom. The number of ether oxygens (including phenoxy) is 1. The van der Waals surface area contributed by atoms with Crippen LogP contribution in [0.15, 0.2) is 35.5 Å². The Morgan fingerprint density at radius 1 is 1.33 bits per heavy atom. The van der Waals surface area contributed by atoms with Crippen molar-refractivity contribution in [1.29, 1.82) is 0 Å². The van der Waals surface area contributed by atoms with Gasteiger partial charge in [0.25, 0.3) is 5.91 Å². The summed E-state index contributed by atoms with van der Waals surface area (Å²) >= 11 is 1.41. The maximum Gasteiger partial charge on any atom is 0.414 e. The van der Waals surface area contributed by atoms with Crippen LogP contribution in [0.5, 0.6) is 0 Å². The van der Waals surface area contributed by atoms with Gasteiger partial charge in [0, 0.05) is 29.7 Å². The molecule has 9 nitrogen and oxygen atoms in total. The van der Waals surface area contributed by atoms with Gasteiger partial charge >= 0.3 is 6.09 Å². The zero-order valence-corrected chi connectivity index (χ0v) is 17.4. The van der Waals surface area contributed by atoms with Crippen molar-refractivity contribution in [2.75, 3.05) is 36.0 Å². The van der Waals surface area contributed by atoms with Crippen molar-refractivity contribution in [3.8, 4) is 0 Å². The highest BCUT2D eigenvalue weighted by Gasteiger charge is 2.33. The molecule has 2 amide bonds. The second-order valence-electron chi connectivity index (χ2n) is 7.50. The van der Waals surface area contributed by atoms with E-state index in [1.54, 1.807) is 24.3 Å². The highest BCUT2D eigenvalue weighted by molar-refractivity contribution is 7.13. The standard InChI is InChI=1S/C20H23N5O4S/c1-12-2-5-18(30-12)19(26)22-9-15-11-25(20(27)29-15)14-3-4-17(16(8-14)23-28)24-7-6-13(21)10-24/h2-5,8,13,15H,6-7,9-11,21H2,1H3,(H,22,26). The van der Waals surface area contributed by atoms with Crippen LogP contribution in [0.4, 0.5) is 21.9 Å². The molecule has 0 bridgehead atoms. The molecule has 0 spiro atoms.